The summed E-state index contributed by atoms with van der Waals surface area (Å²) in [5.74, 6) is 0.827. The highest BCUT2D eigenvalue weighted by Gasteiger charge is 2.42. The third-order valence-electron chi connectivity index (χ3n) is 4.61. The zero-order valence-electron chi connectivity index (χ0n) is 13.6. The summed E-state index contributed by atoms with van der Waals surface area (Å²) < 4.78 is 29.5. The molecule has 1 amide bonds. The largest absolute Gasteiger partial charge is 0.490 e. The maximum absolute atomic E-state index is 12.7. The second-order valence-corrected chi connectivity index (χ2v) is 10.5. The number of benzene rings is 1. The van der Waals surface area contributed by atoms with Gasteiger partial charge in [0.2, 0.25) is 0 Å². The maximum Gasteiger partial charge on any atom is 0.266 e. The molecule has 25 heavy (non-hydrogen) atoms. The molecule has 3 aliphatic rings. The highest BCUT2D eigenvalue weighted by molar-refractivity contribution is 8.26. The zero-order valence-corrected chi connectivity index (χ0v) is 16.0. The molecular weight excluding hydrogens is 378 g/mol. The van der Waals surface area contributed by atoms with Gasteiger partial charge < -0.3 is 4.74 Å². The van der Waals surface area contributed by atoms with E-state index in [9.17, 15) is 13.2 Å². The molecule has 0 aromatic heterocycles. The molecule has 0 bridgehead atoms. The van der Waals surface area contributed by atoms with E-state index in [2.05, 4.69) is 0 Å². The molecule has 0 N–H and O–H groups in total. The molecule has 2 saturated heterocycles. The van der Waals surface area contributed by atoms with Gasteiger partial charge in [-0.3, -0.25) is 9.69 Å². The molecule has 1 aromatic carbocycles. The van der Waals surface area contributed by atoms with E-state index < -0.39 is 9.84 Å². The van der Waals surface area contributed by atoms with Gasteiger partial charge in [0, 0.05) is 6.42 Å². The van der Waals surface area contributed by atoms with E-state index in [1.807, 2.05) is 31.2 Å². The lowest BCUT2D eigenvalue weighted by atomic mass is 10.1. The average Bonchev–Trinajstić information content (AvgIpc) is 3.15. The minimum Gasteiger partial charge on any atom is -0.490 e. The maximum atomic E-state index is 12.7. The number of hydrogen-bond acceptors (Lipinski definition) is 6. The molecule has 3 aliphatic heterocycles. The van der Waals surface area contributed by atoms with Gasteiger partial charge in [0.25, 0.3) is 5.91 Å². The molecule has 0 spiro atoms. The first-order chi connectivity index (χ1) is 11.8. The fraction of sp³-hybridized carbons (Fsp3) is 0.412. The molecule has 2 atom stereocenters. The first kappa shape index (κ1) is 17.1. The van der Waals surface area contributed by atoms with E-state index in [0.29, 0.717) is 15.6 Å². The summed E-state index contributed by atoms with van der Waals surface area (Å²) in [5.41, 5.74) is 2.06. The summed E-state index contributed by atoms with van der Waals surface area (Å²) in [4.78, 5) is 14.8. The van der Waals surface area contributed by atoms with E-state index in [1.165, 1.54) is 16.7 Å². The van der Waals surface area contributed by atoms with Crippen molar-refractivity contribution in [3.8, 4) is 5.75 Å². The number of rotatable bonds is 2. The van der Waals surface area contributed by atoms with E-state index in [1.54, 1.807) is 0 Å². The first-order valence-electron chi connectivity index (χ1n) is 8.09. The number of fused-ring (bicyclic) bond motifs is 1. The minimum absolute atomic E-state index is 0.000786. The van der Waals surface area contributed by atoms with Gasteiger partial charge in [-0.2, -0.15) is 0 Å². The molecular formula is C17H17NO4S3. The van der Waals surface area contributed by atoms with Crippen LogP contribution in [0.5, 0.6) is 5.75 Å². The van der Waals surface area contributed by atoms with Crippen LogP contribution in [0.15, 0.2) is 23.1 Å². The summed E-state index contributed by atoms with van der Waals surface area (Å²) >= 11 is 6.57. The number of thioether (sulfide) groups is 1. The lowest BCUT2D eigenvalue weighted by Crippen LogP contribution is -2.39. The van der Waals surface area contributed by atoms with Gasteiger partial charge in [-0.25, -0.2) is 8.42 Å². The molecule has 0 saturated carbocycles. The summed E-state index contributed by atoms with van der Waals surface area (Å²) in [5, 5.41) is 0. The minimum atomic E-state index is -3.06. The normalized spacial score (nSPS) is 29.3. The monoisotopic (exact) mass is 395 g/mol. The van der Waals surface area contributed by atoms with Crippen LogP contribution in [0.2, 0.25) is 0 Å². The number of amides is 1. The Morgan fingerprint density at radius 3 is 2.92 bits per heavy atom. The van der Waals surface area contributed by atoms with Crippen molar-refractivity contribution in [2.24, 2.45) is 0 Å². The number of thiocarbonyl (C=S) groups is 1. The third-order valence-corrected chi connectivity index (χ3v) is 7.70. The van der Waals surface area contributed by atoms with Crippen molar-refractivity contribution < 1.29 is 17.9 Å². The molecule has 8 heteroatoms. The molecule has 1 aromatic rings. The molecule has 3 heterocycles. The molecule has 0 unspecified atom stereocenters. The number of sulfone groups is 1. The van der Waals surface area contributed by atoms with Crippen LogP contribution < -0.4 is 4.74 Å². The predicted molar refractivity (Wildman–Crippen MR) is 102 cm³/mol. The zero-order chi connectivity index (χ0) is 17.8. The van der Waals surface area contributed by atoms with Gasteiger partial charge in [0.15, 0.2) is 9.84 Å². The fourth-order valence-corrected chi connectivity index (χ4v) is 6.56. The van der Waals surface area contributed by atoms with E-state index in [-0.39, 0.29) is 29.6 Å². The summed E-state index contributed by atoms with van der Waals surface area (Å²) in [7, 11) is -3.06. The van der Waals surface area contributed by atoms with Crippen LogP contribution in [0.4, 0.5) is 0 Å². The molecule has 5 nitrogen and oxygen atoms in total. The van der Waals surface area contributed by atoms with Crippen LogP contribution in [-0.2, 0) is 21.1 Å². The number of carbonyl (C=O) groups is 1. The van der Waals surface area contributed by atoms with E-state index in [0.717, 1.165) is 23.3 Å². The fourth-order valence-electron chi connectivity index (χ4n) is 3.46. The third kappa shape index (κ3) is 3.22. The van der Waals surface area contributed by atoms with E-state index >= 15 is 0 Å². The Morgan fingerprint density at radius 2 is 2.20 bits per heavy atom. The summed E-state index contributed by atoms with van der Waals surface area (Å²) in [6, 6.07) is 5.54. The Kier molecular flexibility index (Phi) is 4.16. The standard InChI is InChI=1S/C17H17NO4S3/c1-10-6-12-7-11(2-3-14(12)22-10)8-15-16(19)18(17(23)24-15)13-4-5-25(20,21)9-13/h2-3,7-8,10,13H,4-6,9H2,1H3/b15-8+/t10-,13+/m1/s1. The lowest BCUT2D eigenvalue weighted by molar-refractivity contribution is -0.123. The quantitative estimate of drug-likeness (QED) is 0.566. The highest BCUT2D eigenvalue weighted by atomic mass is 32.2. The van der Waals surface area contributed by atoms with Crippen molar-refractivity contribution in [1.29, 1.82) is 0 Å². The summed E-state index contributed by atoms with van der Waals surface area (Å²) in [6.45, 7) is 2.03. The first-order valence-corrected chi connectivity index (χ1v) is 11.1. The Morgan fingerprint density at radius 1 is 1.40 bits per heavy atom. The Hall–Kier alpha value is -1.38. The Labute approximate surface area is 156 Å². The summed E-state index contributed by atoms with van der Waals surface area (Å²) in [6.07, 6.45) is 3.31. The SMILES string of the molecule is C[C@@H]1Cc2cc(/C=C3/SC(=S)N([C@H]4CCS(=O)(=O)C4)C3=O)ccc2O1. The smallest absolute Gasteiger partial charge is 0.266 e. The number of hydrogen-bond donors (Lipinski definition) is 0. The van der Waals surface area contributed by atoms with Crippen molar-refractivity contribution in [2.45, 2.75) is 31.9 Å². The van der Waals surface area contributed by atoms with Gasteiger partial charge in [-0.15, -0.1) is 0 Å². The van der Waals surface area contributed by atoms with Crippen molar-refractivity contribution >= 4 is 50.1 Å². The topological polar surface area (TPSA) is 63.7 Å². The molecule has 132 valence electrons. The average molecular weight is 396 g/mol. The molecule has 0 aliphatic carbocycles. The Balaban J connectivity index is 1.58. The van der Waals surface area contributed by atoms with Crippen LogP contribution in [0, 0.1) is 0 Å². The molecule has 4 rings (SSSR count). The van der Waals surface area contributed by atoms with Crippen LogP contribution in [0.3, 0.4) is 0 Å². The molecule has 0 radical (unpaired) electrons. The van der Waals surface area contributed by atoms with Crippen LogP contribution in [0.1, 0.15) is 24.5 Å². The Bertz CT molecular complexity index is 906. The van der Waals surface area contributed by atoms with Gasteiger partial charge in [-0.1, -0.05) is 30.0 Å². The number of ether oxygens (including phenoxy) is 1. The van der Waals surface area contributed by atoms with Gasteiger partial charge >= 0.3 is 0 Å². The number of carbonyl (C=O) groups excluding carboxylic acids is 1. The van der Waals surface area contributed by atoms with Crippen molar-refractivity contribution in [3.05, 3.63) is 34.2 Å². The van der Waals surface area contributed by atoms with Gasteiger partial charge in [-0.05, 0) is 42.7 Å². The van der Waals surface area contributed by atoms with Crippen molar-refractivity contribution in [1.82, 2.24) is 4.90 Å². The lowest BCUT2D eigenvalue weighted by Gasteiger charge is -2.20. The van der Waals surface area contributed by atoms with Gasteiger partial charge in [0.05, 0.1) is 22.5 Å². The second-order valence-electron chi connectivity index (χ2n) is 6.61. The van der Waals surface area contributed by atoms with Crippen molar-refractivity contribution in [3.63, 3.8) is 0 Å². The second kappa shape index (κ2) is 6.10. The number of nitrogens with zero attached hydrogens (tertiary/aromatic N) is 1. The van der Waals surface area contributed by atoms with Crippen LogP contribution in [0.25, 0.3) is 6.08 Å². The van der Waals surface area contributed by atoms with Gasteiger partial charge in [0.1, 0.15) is 16.2 Å². The highest BCUT2D eigenvalue weighted by Crippen LogP contribution is 2.37. The van der Waals surface area contributed by atoms with Crippen molar-refractivity contribution in [2.75, 3.05) is 11.5 Å². The molecule has 2 fully saturated rings. The predicted octanol–water partition coefficient (Wildman–Crippen LogP) is 2.40. The van der Waals surface area contributed by atoms with Crippen LogP contribution >= 0.6 is 24.0 Å². The van der Waals surface area contributed by atoms with Crippen LogP contribution in [-0.4, -0.2) is 47.2 Å². The van der Waals surface area contributed by atoms with E-state index in [4.69, 9.17) is 17.0 Å².